The zero-order valence-corrected chi connectivity index (χ0v) is 13.2. The minimum absolute atomic E-state index is 0.0567. The molecule has 4 heteroatoms. The highest BCUT2D eigenvalue weighted by atomic mass is 16.6. The van der Waals surface area contributed by atoms with Gasteiger partial charge in [-0.05, 0) is 30.5 Å². The number of carbonyl (C=O) groups is 2. The van der Waals surface area contributed by atoms with Gasteiger partial charge < -0.3 is 9.47 Å². The van der Waals surface area contributed by atoms with Crippen molar-refractivity contribution in [3.05, 3.63) is 72.3 Å². The quantitative estimate of drug-likeness (QED) is 0.405. The van der Waals surface area contributed by atoms with Crippen LogP contribution < -0.4 is 9.47 Å². The van der Waals surface area contributed by atoms with Crippen LogP contribution in [0, 0.1) is 0 Å². The number of Topliss-reactive ketones (excluding diaryl/α,β-unsaturated/α-hetero) is 1. The molecule has 120 valence electrons. The van der Waals surface area contributed by atoms with Crippen LogP contribution in [0.5, 0.6) is 11.5 Å². The highest BCUT2D eigenvalue weighted by Gasteiger charge is 2.09. The Morgan fingerprint density at radius 1 is 0.917 bits per heavy atom. The third-order valence-corrected chi connectivity index (χ3v) is 3.57. The van der Waals surface area contributed by atoms with Gasteiger partial charge in [0.05, 0.1) is 0 Å². The van der Waals surface area contributed by atoms with Crippen molar-refractivity contribution < 1.29 is 19.1 Å². The van der Waals surface area contributed by atoms with Crippen molar-refractivity contribution in [2.75, 3.05) is 6.61 Å². The Labute approximate surface area is 139 Å². The smallest absolute Gasteiger partial charge is 0.349 e. The van der Waals surface area contributed by atoms with E-state index >= 15 is 0 Å². The lowest BCUT2D eigenvalue weighted by molar-refractivity contribution is -0.136. The first-order chi connectivity index (χ1) is 11.6. The van der Waals surface area contributed by atoms with E-state index < -0.39 is 5.97 Å². The number of esters is 1. The molecule has 4 nitrogen and oxygen atoms in total. The maximum absolute atomic E-state index is 12.0. The molecule has 0 fully saturated rings. The highest BCUT2D eigenvalue weighted by Crippen LogP contribution is 2.25. The standard InChI is InChI=1S/C20H16O4/c1-14(21)16-8-4-9-17(12-16)23-13-20(22)24-19-11-5-7-15-6-2-3-10-18(15)19/h2-12H,13H2,1H3. The fourth-order valence-electron chi connectivity index (χ4n) is 2.38. The number of benzene rings is 3. The fourth-order valence-corrected chi connectivity index (χ4v) is 2.38. The molecule has 24 heavy (non-hydrogen) atoms. The first kappa shape index (κ1) is 15.7. The molecular formula is C20H16O4. The number of ether oxygens (including phenoxy) is 2. The first-order valence-electron chi connectivity index (χ1n) is 7.56. The molecule has 0 aromatic heterocycles. The maximum atomic E-state index is 12.0. The zero-order chi connectivity index (χ0) is 16.9. The lowest BCUT2D eigenvalue weighted by Crippen LogP contribution is -2.17. The number of carbonyl (C=O) groups excluding carboxylic acids is 2. The van der Waals surface area contributed by atoms with E-state index in [1.807, 2.05) is 36.4 Å². The summed E-state index contributed by atoms with van der Waals surface area (Å²) in [5.41, 5.74) is 0.537. The molecule has 0 saturated heterocycles. The molecular weight excluding hydrogens is 304 g/mol. The second-order valence-corrected chi connectivity index (χ2v) is 5.32. The molecule has 0 aliphatic heterocycles. The molecule has 0 spiro atoms. The van der Waals surface area contributed by atoms with Crippen LogP contribution >= 0.6 is 0 Å². The minimum atomic E-state index is -0.500. The average molecular weight is 320 g/mol. The Balaban J connectivity index is 1.67. The van der Waals surface area contributed by atoms with Gasteiger partial charge in [0, 0.05) is 10.9 Å². The molecule has 0 N–H and O–H groups in total. The molecule has 0 aliphatic rings. The second-order valence-electron chi connectivity index (χ2n) is 5.32. The van der Waals surface area contributed by atoms with E-state index in [0.29, 0.717) is 17.1 Å². The molecule has 0 heterocycles. The fraction of sp³-hybridized carbons (Fsp3) is 0.100. The summed E-state index contributed by atoms with van der Waals surface area (Å²) >= 11 is 0. The van der Waals surface area contributed by atoms with E-state index in [-0.39, 0.29) is 12.4 Å². The molecule has 0 atom stereocenters. The lowest BCUT2D eigenvalue weighted by atomic mass is 10.1. The summed E-state index contributed by atoms with van der Waals surface area (Å²) in [6.45, 7) is 1.25. The molecule has 0 bridgehead atoms. The molecule has 3 rings (SSSR count). The lowest BCUT2D eigenvalue weighted by Gasteiger charge is -2.09. The largest absolute Gasteiger partial charge is 0.482 e. The van der Waals surface area contributed by atoms with Crippen molar-refractivity contribution >= 4 is 22.5 Å². The SMILES string of the molecule is CC(=O)c1cccc(OCC(=O)Oc2cccc3ccccc23)c1. The van der Waals surface area contributed by atoms with Crippen LogP contribution in [0.3, 0.4) is 0 Å². The minimum Gasteiger partial charge on any atom is -0.482 e. The van der Waals surface area contributed by atoms with Gasteiger partial charge in [-0.1, -0.05) is 48.5 Å². The van der Waals surface area contributed by atoms with Gasteiger partial charge in [-0.15, -0.1) is 0 Å². The monoisotopic (exact) mass is 320 g/mol. The van der Waals surface area contributed by atoms with Crippen molar-refractivity contribution in [3.63, 3.8) is 0 Å². The van der Waals surface area contributed by atoms with Crippen LogP contribution in [-0.2, 0) is 4.79 Å². The van der Waals surface area contributed by atoms with Crippen LogP contribution in [0.2, 0.25) is 0 Å². The Hall–Kier alpha value is -3.14. The van der Waals surface area contributed by atoms with E-state index in [0.717, 1.165) is 10.8 Å². The molecule has 0 saturated carbocycles. The van der Waals surface area contributed by atoms with Crippen molar-refractivity contribution in [1.29, 1.82) is 0 Å². The number of rotatable bonds is 5. The Morgan fingerprint density at radius 2 is 1.67 bits per heavy atom. The van der Waals surface area contributed by atoms with Gasteiger partial charge in [-0.3, -0.25) is 4.79 Å². The zero-order valence-electron chi connectivity index (χ0n) is 13.2. The van der Waals surface area contributed by atoms with Gasteiger partial charge >= 0.3 is 5.97 Å². The summed E-state index contributed by atoms with van der Waals surface area (Å²) in [4.78, 5) is 23.4. The Morgan fingerprint density at radius 3 is 2.50 bits per heavy atom. The summed E-state index contributed by atoms with van der Waals surface area (Å²) in [5, 5.41) is 1.87. The van der Waals surface area contributed by atoms with E-state index in [4.69, 9.17) is 9.47 Å². The number of ketones is 1. The topological polar surface area (TPSA) is 52.6 Å². The molecule has 0 amide bonds. The van der Waals surface area contributed by atoms with Gasteiger partial charge in [0.2, 0.25) is 0 Å². The summed E-state index contributed by atoms with van der Waals surface area (Å²) in [6.07, 6.45) is 0. The highest BCUT2D eigenvalue weighted by molar-refractivity contribution is 5.94. The predicted molar refractivity (Wildman–Crippen MR) is 91.5 cm³/mol. The van der Waals surface area contributed by atoms with Gasteiger partial charge in [0.25, 0.3) is 0 Å². The third-order valence-electron chi connectivity index (χ3n) is 3.57. The summed E-state index contributed by atoms with van der Waals surface area (Å²) in [6, 6.07) is 19.9. The number of hydrogen-bond donors (Lipinski definition) is 0. The molecule has 3 aromatic rings. The normalized spacial score (nSPS) is 10.4. The summed E-state index contributed by atoms with van der Waals surface area (Å²) < 4.78 is 10.8. The first-order valence-corrected chi connectivity index (χ1v) is 7.56. The van der Waals surface area contributed by atoms with Gasteiger partial charge in [0.15, 0.2) is 12.4 Å². The van der Waals surface area contributed by atoms with E-state index in [1.54, 1.807) is 30.3 Å². The van der Waals surface area contributed by atoms with E-state index in [9.17, 15) is 9.59 Å². The molecule has 0 aliphatic carbocycles. The maximum Gasteiger partial charge on any atom is 0.349 e. The van der Waals surface area contributed by atoms with Crippen LogP contribution in [0.15, 0.2) is 66.7 Å². The van der Waals surface area contributed by atoms with E-state index in [2.05, 4.69) is 0 Å². The van der Waals surface area contributed by atoms with E-state index in [1.165, 1.54) is 6.92 Å². The van der Waals surface area contributed by atoms with Gasteiger partial charge in [-0.2, -0.15) is 0 Å². The predicted octanol–water partition coefficient (Wildman–Crippen LogP) is 4.03. The molecule has 0 unspecified atom stereocenters. The van der Waals surface area contributed by atoms with Crippen LogP contribution in [0.1, 0.15) is 17.3 Å². The Bertz CT molecular complexity index is 894. The van der Waals surface area contributed by atoms with Crippen LogP contribution in [0.25, 0.3) is 10.8 Å². The van der Waals surface area contributed by atoms with Crippen molar-refractivity contribution in [3.8, 4) is 11.5 Å². The van der Waals surface area contributed by atoms with Crippen molar-refractivity contribution in [2.24, 2.45) is 0 Å². The van der Waals surface area contributed by atoms with Gasteiger partial charge in [0.1, 0.15) is 11.5 Å². The van der Waals surface area contributed by atoms with Crippen molar-refractivity contribution in [2.45, 2.75) is 6.92 Å². The van der Waals surface area contributed by atoms with Crippen molar-refractivity contribution in [1.82, 2.24) is 0 Å². The Kier molecular flexibility index (Phi) is 4.57. The number of fused-ring (bicyclic) bond motifs is 1. The van der Waals surface area contributed by atoms with Crippen LogP contribution in [-0.4, -0.2) is 18.4 Å². The number of hydrogen-bond acceptors (Lipinski definition) is 4. The van der Waals surface area contributed by atoms with Gasteiger partial charge in [-0.25, -0.2) is 4.79 Å². The molecule has 3 aromatic carbocycles. The second kappa shape index (κ2) is 6.96. The third kappa shape index (κ3) is 3.60. The molecule has 0 radical (unpaired) electrons. The summed E-state index contributed by atoms with van der Waals surface area (Å²) in [7, 11) is 0. The summed E-state index contributed by atoms with van der Waals surface area (Å²) in [5.74, 6) is 0.398. The average Bonchev–Trinajstić information content (AvgIpc) is 2.60. The van der Waals surface area contributed by atoms with Crippen LogP contribution in [0.4, 0.5) is 0 Å².